The van der Waals surface area contributed by atoms with Gasteiger partial charge in [0.05, 0.1) is 6.20 Å². The first-order valence-corrected chi connectivity index (χ1v) is 5.07. The number of aromatic nitrogens is 3. The monoisotopic (exact) mass is 206 g/mol. The molecule has 0 aliphatic rings. The molecule has 0 bridgehead atoms. The van der Waals surface area contributed by atoms with Crippen LogP contribution in [-0.4, -0.2) is 14.6 Å². The van der Waals surface area contributed by atoms with Gasteiger partial charge in [-0.2, -0.15) is 0 Å². The maximum Gasteiger partial charge on any atom is 0.130 e. The van der Waals surface area contributed by atoms with E-state index >= 15 is 0 Å². The molecule has 0 saturated carbocycles. The van der Waals surface area contributed by atoms with Crippen molar-refractivity contribution in [3.05, 3.63) is 36.3 Å². The highest BCUT2D eigenvalue weighted by molar-refractivity contribution is 7.09. The van der Waals surface area contributed by atoms with Crippen molar-refractivity contribution < 1.29 is 0 Å². The molecule has 2 aromatic rings. The summed E-state index contributed by atoms with van der Waals surface area (Å²) in [6.07, 6.45) is 5.30. The second-order valence-electron chi connectivity index (χ2n) is 2.93. The average molecular weight is 206 g/mol. The van der Waals surface area contributed by atoms with Gasteiger partial charge in [0.2, 0.25) is 0 Å². The van der Waals surface area contributed by atoms with E-state index in [0.29, 0.717) is 0 Å². The highest BCUT2D eigenvalue weighted by Gasteiger charge is 2.05. The number of hydrogen-bond acceptors (Lipinski definition) is 5. The summed E-state index contributed by atoms with van der Waals surface area (Å²) in [4.78, 5) is 3.97. The van der Waals surface area contributed by atoms with Crippen LogP contribution in [0, 0.1) is 0 Å². The first-order chi connectivity index (χ1) is 6.86. The van der Waals surface area contributed by atoms with Gasteiger partial charge in [-0.25, -0.2) is 0 Å². The predicted molar refractivity (Wildman–Crippen MR) is 56.2 cm³/mol. The number of hydrogen-bond donors (Lipinski definition) is 1. The summed E-state index contributed by atoms with van der Waals surface area (Å²) in [5, 5.41) is 8.05. The standard InChI is InChI=1S/C9H10N4S/c1-7(8-2-4-10-5-3-8)12-9-6-11-13-14-9/h2-7,12H,1H3. The summed E-state index contributed by atoms with van der Waals surface area (Å²) < 4.78 is 3.79. The Morgan fingerprint density at radius 1 is 1.36 bits per heavy atom. The zero-order valence-electron chi connectivity index (χ0n) is 7.71. The first-order valence-electron chi connectivity index (χ1n) is 4.30. The van der Waals surface area contributed by atoms with Crippen LogP contribution >= 0.6 is 11.5 Å². The topological polar surface area (TPSA) is 50.7 Å². The Morgan fingerprint density at radius 3 is 2.79 bits per heavy atom. The van der Waals surface area contributed by atoms with Gasteiger partial charge in [-0.15, -0.1) is 5.10 Å². The van der Waals surface area contributed by atoms with Crippen molar-refractivity contribution in [1.29, 1.82) is 0 Å². The fraction of sp³-hybridized carbons (Fsp3) is 0.222. The number of pyridine rings is 1. The minimum absolute atomic E-state index is 0.250. The molecule has 0 radical (unpaired) electrons. The Labute approximate surface area is 86.2 Å². The van der Waals surface area contributed by atoms with Crippen LogP contribution in [0.15, 0.2) is 30.7 Å². The lowest BCUT2D eigenvalue weighted by Gasteiger charge is -2.12. The van der Waals surface area contributed by atoms with Crippen molar-refractivity contribution in [2.24, 2.45) is 0 Å². The minimum Gasteiger partial charge on any atom is -0.368 e. The van der Waals surface area contributed by atoms with Gasteiger partial charge in [0.1, 0.15) is 5.00 Å². The fourth-order valence-corrected chi connectivity index (χ4v) is 1.69. The van der Waals surface area contributed by atoms with Crippen LogP contribution in [0.2, 0.25) is 0 Å². The Hall–Kier alpha value is -1.49. The predicted octanol–water partition coefficient (Wildman–Crippen LogP) is 2.11. The second-order valence-corrected chi connectivity index (χ2v) is 3.71. The van der Waals surface area contributed by atoms with Crippen molar-refractivity contribution in [2.75, 3.05) is 5.32 Å². The molecule has 2 rings (SSSR count). The van der Waals surface area contributed by atoms with Crippen LogP contribution in [-0.2, 0) is 0 Å². The van der Waals surface area contributed by atoms with Gasteiger partial charge in [-0.05, 0) is 24.6 Å². The molecule has 4 nitrogen and oxygen atoms in total. The van der Waals surface area contributed by atoms with Gasteiger partial charge in [0.25, 0.3) is 0 Å². The van der Waals surface area contributed by atoms with Gasteiger partial charge in [-0.3, -0.25) is 4.98 Å². The first kappa shape index (κ1) is 9.08. The molecule has 1 N–H and O–H groups in total. The van der Waals surface area contributed by atoms with E-state index in [1.165, 1.54) is 17.1 Å². The third-order valence-electron chi connectivity index (χ3n) is 1.93. The highest BCUT2D eigenvalue weighted by atomic mass is 32.1. The largest absolute Gasteiger partial charge is 0.368 e. The quantitative estimate of drug-likeness (QED) is 0.835. The molecular formula is C9H10N4S. The van der Waals surface area contributed by atoms with E-state index in [9.17, 15) is 0 Å². The molecule has 0 aliphatic carbocycles. The van der Waals surface area contributed by atoms with Crippen molar-refractivity contribution in [3.63, 3.8) is 0 Å². The lowest BCUT2D eigenvalue weighted by molar-refractivity contribution is 0.884. The zero-order chi connectivity index (χ0) is 9.80. The van der Waals surface area contributed by atoms with Crippen LogP contribution in [0.5, 0.6) is 0 Å². The lowest BCUT2D eigenvalue weighted by atomic mass is 10.1. The second kappa shape index (κ2) is 4.15. The smallest absolute Gasteiger partial charge is 0.130 e. The Morgan fingerprint density at radius 2 is 2.14 bits per heavy atom. The Kier molecular flexibility index (Phi) is 2.69. The maximum absolute atomic E-state index is 3.97. The van der Waals surface area contributed by atoms with E-state index in [-0.39, 0.29) is 6.04 Å². The summed E-state index contributed by atoms with van der Waals surface area (Å²) in [5.41, 5.74) is 1.20. The van der Waals surface area contributed by atoms with Gasteiger partial charge in [0.15, 0.2) is 0 Å². The molecule has 14 heavy (non-hydrogen) atoms. The van der Waals surface area contributed by atoms with Crippen LogP contribution in [0.3, 0.4) is 0 Å². The van der Waals surface area contributed by atoms with E-state index in [4.69, 9.17) is 0 Å². The number of rotatable bonds is 3. The van der Waals surface area contributed by atoms with E-state index in [1.54, 1.807) is 18.6 Å². The van der Waals surface area contributed by atoms with E-state index < -0.39 is 0 Å². The fourth-order valence-electron chi connectivity index (χ4n) is 1.18. The average Bonchev–Trinajstić information content (AvgIpc) is 2.72. The molecule has 2 heterocycles. The molecule has 1 atom stereocenters. The van der Waals surface area contributed by atoms with Gasteiger partial charge in [-0.1, -0.05) is 4.49 Å². The van der Waals surface area contributed by atoms with Gasteiger partial charge < -0.3 is 5.32 Å². The van der Waals surface area contributed by atoms with Crippen LogP contribution < -0.4 is 5.32 Å². The van der Waals surface area contributed by atoms with E-state index in [0.717, 1.165) is 5.00 Å². The summed E-state index contributed by atoms with van der Waals surface area (Å²) in [5.74, 6) is 0. The lowest BCUT2D eigenvalue weighted by Crippen LogP contribution is -2.05. The van der Waals surface area contributed by atoms with Gasteiger partial charge in [0, 0.05) is 30.0 Å². The minimum atomic E-state index is 0.250. The maximum atomic E-state index is 3.97. The summed E-state index contributed by atoms with van der Waals surface area (Å²) in [6, 6.07) is 4.23. The molecule has 0 aromatic carbocycles. The third kappa shape index (κ3) is 2.05. The van der Waals surface area contributed by atoms with Crippen molar-refractivity contribution in [2.45, 2.75) is 13.0 Å². The summed E-state index contributed by atoms with van der Waals surface area (Å²) >= 11 is 1.36. The van der Waals surface area contributed by atoms with E-state index in [1.807, 2.05) is 12.1 Å². The van der Waals surface area contributed by atoms with Crippen molar-refractivity contribution >= 4 is 16.5 Å². The number of nitrogens with zero attached hydrogens (tertiary/aromatic N) is 3. The molecule has 1 unspecified atom stereocenters. The molecule has 72 valence electrons. The van der Waals surface area contributed by atoms with Crippen LogP contribution in [0.4, 0.5) is 5.00 Å². The van der Waals surface area contributed by atoms with E-state index in [2.05, 4.69) is 26.8 Å². The van der Waals surface area contributed by atoms with Crippen LogP contribution in [0.1, 0.15) is 18.5 Å². The third-order valence-corrected chi connectivity index (χ3v) is 2.52. The van der Waals surface area contributed by atoms with Crippen LogP contribution in [0.25, 0.3) is 0 Å². The summed E-state index contributed by atoms with van der Waals surface area (Å²) in [7, 11) is 0. The zero-order valence-corrected chi connectivity index (χ0v) is 8.53. The van der Waals surface area contributed by atoms with Gasteiger partial charge >= 0.3 is 0 Å². The molecule has 0 amide bonds. The Bertz CT molecular complexity index is 373. The SMILES string of the molecule is CC(Nc1cnns1)c1ccncc1. The molecule has 0 aliphatic heterocycles. The molecule has 5 heteroatoms. The molecule has 0 saturated heterocycles. The van der Waals surface area contributed by atoms with Crippen molar-refractivity contribution in [3.8, 4) is 0 Å². The molecule has 2 aromatic heterocycles. The molecule has 0 spiro atoms. The number of nitrogens with one attached hydrogen (secondary N) is 1. The molecule has 0 fully saturated rings. The Balaban J connectivity index is 2.07. The van der Waals surface area contributed by atoms with Crippen molar-refractivity contribution in [1.82, 2.24) is 14.6 Å². The molecular weight excluding hydrogens is 196 g/mol. The summed E-state index contributed by atoms with van der Waals surface area (Å²) in [6.45, 7) is 2.09. The highest BCUT2D eigenvalue weighted by Crippen LogP contribution is 2.19. The number of anilines is 1. The normalized spacial score (nSPS) is 12.4.